The van der Waals surface area contributed by atoms with E-state index in [1.807, 2.05) is 18.2 Å². The van der Waals surface area contributed by atoms with E-state index in [2.05, 4.69) is 41.5 Å². The minimum atomic E-state index is 0.221. The van der Waals surface area contributed by atoms with E-state index in [0.717, 1.165) is 25.1 Å². The summed E-state index contributed by atoms with van der Waals surface area (Å²) in [5.74, 6) is 0.738. The molecule has 2 aromatic rings. The monoisotopic (exact) mass is 300 g/mol. The fraction of sp³-hybridized carbons (Fsp3) is 0.333. The Kier molecular flexibility index (Phi) is 6.10. The van der Waals surface area contributed by atoms with Gasteiger partial charge in [0.15, 0.2) is 11.5 Å². The number of phenolic OH excluding ortho intramolecular Hbond substituents is 1. The van der Waals surface area contributed by atoms with Crippen LogP contribution in [0.1, 0.15) is 12.0 Å². The van der Waals surface area contributed by atoms with Crippen molar-refractivity contribution in [2.24, 2.45) is 0 Å². The van der Waals surface area contributed by atoms with Crippen molar-refractivity contribution in [3.8, 4) is 11.5 Å². The molecule has 0 aliphatic heterocycles. The van der Waals surface area contributed by atoms with E-state index < -0.39 is 0 Å². The van der Waals surface area contributed by atoms with Crippen molar-refractivity contribution < 1.29 is 9.84 Å². The minimum Gasteiger partial charge on any atom is -0.504 e. The Morgan fingerprint density at radius 2 is 1.86 bits per heavy atom. The molecule has 0 saturated carbocycles. The Morgan fingerprint density at radius 1 is 1.09 bits per heavy atom. The molecule has 4 nitrogen and oxygen atoms in total. The van der Waals surface area contributed by atoms with Crippen molar-refractivity contribution in [1.29, 1.82) is 0 Å². The topological polar surface area (TPSA) is 44.7 Å². The highest BCUT2D eigenvalue weighted by Crippen LogP contribution is 2.29. The minimum absolute atomic E-state index is 0.221. The van der Waals surface area contributed by atoms with Gasteiger partial charge in [0.05, 0.1) is 7.11 Å². The molecule has 0 spiro atoms. The zero-order valence-electron chi connectivity index (χ0n) is 13.2. The van der Waals surface area contributed by atoms with Gasteiger partial charge in [-0.1, -0.05) is 30.3 Å². The number of nitrogens with one attached hydrogen (secondary N) is 1. The maximum atomic E-state index is 10.0. The lowest BCUT2D eigenvalue weighted by atomic mass is 10.2. The second kappa shape index (κ2) is 8.29. The van der Waals surface area contributed by atoms with Crippen LogP contribution in [-0.4, -0.2) is 32.4 Å². The first-order chi connectivity index (χ1) is 10.7. The first-order valence-corrected chi connectivity index (χ1v) is 7.54. The largest absolute Gasteiger partial charge is 0.504 e. The standard InChI is InChI=1S/C18H24N2O2/c1-20(16-9-4-3-5-10-16)13-7-12-19-14-15-8-6-11-17(22-2)18(15)21/h3-6,8-11,19,21H,7,12-14H2,1-2H3. The number of aromatic hydroxyl groups is 1. The van der Waals surface area contributed by atoms with Crippen LogP contribution in [0.3, 0.4) is 0 Å². The van der Waals surface area contributed by atoms with E-state index in [1.54, 1.807) is 13.2 Å². The van der Waals surface area contributed by atoms with Crippen LogP contribution in [0.25, 0.3) is 0 Å². The number of rotatable bonds is 8. The van der Waals surface area contributed by atoms with Crippen LogP contribution in [0.2, 0.25) is 0 Å². The fourth-order valence-electron chi connectivity index (χ4n) is 2.35. The van der Waals surface area contributed by atoms with E-state index in [1.165, 1.54) is 5.69 Å². The van der Waals surface area contributed by atoms with Crippen molar-refractivity contribution in [2.45, 2.75) is 13.0 Å². The third-order valence-electron chi connectivity index (χ3n) is 3.66. The molecule has 0 heterocycles. The summed E-state index contributed by atoms with van der Waals surface area (Å²) in [5.41, 5.74) is 2.09. The maximum Gasteiger partial charge on any atom is 0.162 e. The van der Waals surface area contributed by atoms with Crippen molar-refractivity contribution >= 4 is 5.69 Å². The predicted molar refractivity (Wildman–Crippen MR) is 90.7 cm³/mol. The Bertz CT molecular complexity index is 573. The molecule has 0 unspecified atom stereocenters. The molecule has 2 N–H and O–H groups in total. The average Bonchev–Trinajstić information content (AvgIpc) is 2.56. The number of nitrogens with zero attached hydrogens (tertiary/aromatic N) is 1. The summed E-state index contributed by atoms with van der Waals surface area (Å²) in [4.78, 5) is 2.24. The first kappa shape index (κ1) is 16.2. The number of para-hydroxylation sites is 2. The van der Waals surface area contributed by atoms with Crippen LogP contribution >= 0.6 is 0 Å². The van der Waals surface area contributed by atoms with Crippen LogP contribution in [0.4, 0.5) is 5.69 Å². The summed E-state index contributed by atoms with van der Waals surface area (Å²) < 4.78 is 5.11. The van der Waals surface area contributed by atoms with E-state index >= 15 is 0 Å². The van der Waals surface area contributed by atoms with Gasteiger partial charge in [0.1, 0.15) is 0 Å². The number of phenols is 1. The van der Waals surface area contributed by atoms with E-state index in [0.29, 0.717) is 12.3 Å². The summed E-state index contributed by atoms with van der Waals surface area (Å²) in [5, 5.41) is 13.4. The SMILES string of the molecule is COc1cccc(CNCCCN(C)c2ccccc2)c1O. The van der Waals surface area contributed by atoms with E-state index in [9.17, 15) is 5.11 Å². The molecule has 0 radical (unpaired) electrons. The summed E-state index contributed by atoms with van der Waals surface area (Å²) in [6, 6.07) is 15.9. The maximum absolute atomic E-state index is 10.0. The van der Waals surface area contributed by atoms with Gasteiger partial charge in [-0.15, -0.1) is 0 Å². The molecule has 0 saturated heterocycles. The molecule has 2 aromatic carbocycles. The number of anilines is 1. The fourth-order valence-corrected chi connectivity index (χ4v) is 2.35. The molecule has 0 aromatic heterocycles. The molecule has 0 bridgehead atoms. The van der Waals surface area contributed by atoms with Gasteiger partial charge >= 0.3 is 0 Å². The molecule has 4 heteroatoms. The Labute approximate surface area is 132 Å². The number of hydrogen-bond acceptors (Lipinski definition) is 4. The third kappa shape index (κ3) is 4.40. The van der Waals surface area contributed by atoms with Gasteiger partial charge in [0.2, 0.25) is 0 Å². The highest BCUT2D eigenvalue weighted by Gasteiger charge is 2.06. The number of methoxy groups -OCH3 is 1. The number of ether oxygens (including phenoxy) is 1. The molecular weight excluding hydrogens is 276 g/mol. The predicted octanol–water partition coefficient (Wildman–Crippen LogP) is 3.02. The van der Waals surface area contributed by atoms with Gasteiger partial charge in [-0.3, -0.25) is 0 Å². The van der Waals surface area contributed by atoms with Crippen molar-refractivity contribution in [3.05, 3.63) is 54.1 Å². The van der Waals surface area contributed by atoms with Gasteiger partial charge in [0, 0.05) is 31.4 Å². The van der Waals surface area contributed by atoms with Crippen molar-refractivity contribution in [1.82, 2.24) is 5.32 Å². The van der Waals surface area contributed by atoms with E-state index in [4.69, 9.17) is 4.74 Å². The van der Waals surface area contributed by atoms with Crippen LogP contribution in [0, 0.1) is 0 Å². The number of benzene rings is 2. The molecule has 0 fully saturated rings. The molecule has 118 valence electrons. The molecule has 0 aliphatic carbocycles. The first-order valence-electron chi connectivity index (χ1n) is 7.54. The lowest BCUT2D eigenvalue weighted by Crippen LogP contribution is -2.23. The zero-order chi connectivity index (χ0) is 15.8. The van der Waals surface area contributed by atoms with Gasteiger partial charge < -0.3 is 20.1 Å². The average molecular weight is 300 g/mol. The lowest BCUT2D eigenvalue weighted by Gasteiger charge is -2.19. The van der Waals surface area contributed by atoms with Crippen LogP contribution < -0.4 is 15.0 Å². The number of hydrogen-bond donors (Lipinski definition) is 2. The second-order valence-corrected chi connectivity index (χ2v) is 5.26. The molecular formula is C18H24N2O2. The highest BCUT2D eigenvalue weighted by atomic mass is 16.5. The van der Waals surface area contributed by atoms with Crippen LogP contribution in [0.15, 0.2) is 48.5 Å². The molecule has 0 aliphatic rings. The van der Waals surface area contributed by atoms with Gasteiger partial charge in [0.25, 0.3) is 0 Å². The van der Waals surface area contributed by atoms with Crippen LogP contribution in [0.5, 0.6) is 11.5 Å². The lowest BCUT2D eigenvalue weighted by molar-refractivity contribution is 0.369. The van der Waals surface area contributed by atoms with Crippen molar-refractivity contribution in [2.75, 3.05) is 32.1 Å². The summed E-state index contributed by atoms with van der Waals surface area (Å²) in [6.07, 6.45) is 1.04. The third-order valence-corrected chi connectivity index (χ3v) is 3.66. The summed E-state index contributed by atoms with van der Waals surface area (Å²) in [6.45, 7) is 2.52. The molecule has 2 rings (SSSR count). The van der Waals surface area contributed by atoms with E-state index in [-0.39, 0.29) is 5.75 Å². The molecule has 0 amide bonds. The highest BCUT2D eigenvalue weighted by molar-refractivity contribution is 5.45. The zero-order valence-corrected chi connectivity index (χ0v) is 13.2. The summed E-state index contributed by atoms with van der Waals surface area (Å²) >= 11 is 0. The Morgan fingerprint density at radius 3 is 2.59 bits per heavy atom. The van der Waals surface area contributed by atoms with Gasteiger partial charge in [-0.2, -0.15) is 0 Å². The molecule has 0 atom stereocenters. The summed E-state index contributed by atoms with van der Waals surface area (Å²) in [7, 11) is 3.66. The van der Waals surface area contributed by atoms with Crippen LogP contribution in [-0.2, 0) is 6.54 Å². The molecule has 22 heavy (non-hydrogen) atoms. The Hall–Kier alpha value is -2.20. The van der Waals surface area contributed by atoms with Gasteiger partial charge in [-0.05, 0) is 31.2 Å². The second-order valence-electron chi connectivity index (χ2n) is 5.26. The van der Waals surface area contributed by atoms with Gasteiger partial charge in [-0.25, -0.2) is 0 Å². The normalized spacial score (nSPS) is 10.5. The quantitative estimate of drug-likeness (QED) is 0.736. The van der Waals surface area contributed by atoms with Crippen molar-refractivity contribution in [3.63, 3.8) is 0 Å². The Balaban J connectivity index is 1.72. The smallest absolute Gasteiger partial charge is 0.162 e.